The molecular weight excluding hydrogens is 251 g/mol. The van der Waals surface area contributed by atoms with E-state index in [1.165, 1.54) is 12.1 Å². The molecule has 1 atom stereocenters. The van der Waals surface area contributed by atoms with Crippen LogP contribution in [0.2, 0.25) is 0 Å². The van der Waals surface area contributed by atoms with E-state index >= 15 is 0 Å². The Morgan fingerprint density at radius 2 is 1.67 bits per heavy atom. The van der Waals surface area contributed by atoms with Crippen LogP contribution < -0.4 is 0 Å². The Kier molecular flexibility index (Phi) is 4.98. The van der Waals surface area contributed by atoms with Crippen LogP contribution in [0.25, 0.3) is 0 Å². The minimum absolute atomic E-state index is 0.0567. The van der Waals surface area contributed by atoms with Gasteiger partial charge in [-0.05, 0) is 24.2 Å². The van der Waals surface area contributed by atoms with Crippen molar-refractivity contribution in [3.8, 4) is 0 Å². The van der Waals surface area contributed by atoms with Crippen molar-refractivity contribution in [3.05, 3.63) is 35.6 Å². The minimum atomic E-state index is -0.209. The molecule has 0 radical (unpaired) electrons. The molecule has 1 aliphatic rings. The quantitative estimate of drug-likeness (QED) is 0.777. The third kappa shape index (κ3) is 3.67. The number of hydrogen-bond acceptors (Lipinski definition) is 2. The van der Waals surface area contributed by atoms with E-state index in [-0.39, 0.29) is 11.2 Å². The van der Waals surface area contributed by atoms with Gasteiger partial charge < -0.3 is 4.90 Å². The van der Waals surface area contributed by atoms with E-state index in [4.69, 9.17) is 11.6 Å². The lowest BCUT2D eigenvalue weighted by molar-refractivity contribution is 0.137. The molecule has 0 aliphatic carbocycles. The Hall–Kier alpha value is -0.640. The largest absolute Gasteiger partial charge is 0.301 e. The normalized spacial score (nSPS) is 19.9. The molecule has 0 saturated carbocycles. The highest BCUT2D eigenvalue weighted by Crippen LogP contribution is 2.22. The maximum atomic E-state index is 12.8. The summed E-state index contributed by atoms with van der Waals surface area (Å²) in [4.78, 5) is 4.82. The fourth-order valence-corrected chi connectivity index (χ4v) is 2.63. The smallest absolute Gasteiger partial charge is 0.123 e. The molecule has 1 aromatic carbocycles. The molecule has 1 fully saturated rings. The highest BCUT2D eigenvalue weighted by Gasteiger charge is 2.18. The Balaban J connectivity index is 1.84. The number of piperazine rings is 1. The van der Waals surface area contributed by atoms with E-state index in [0.717, 1.165) is 44.8 Å². The van der Waals surface area contributed by atoms with Crippen LogP contribution >= 0.6 is 11.6 Å². The predicted molar refractivity (Wildman–Crippen MR) is 73.5 cm³/mol. The summed E-state index contributed by atoms with van der Waals surface area (Å²) in [6.07, 6.45) is 0. The third-order valence-corrected chi connectivity index (χ3v) is 3.95. The van der Waals surface area contributed by atoms with Gasteiger partial charge in [0.05, 0.1) is 5.38 Å². The van der Waals surface area contributed by atoms with E-state index in [2.05, 4.69) is 16.7 Å². The van der Waals surface area contributed by atoms with E-state index in [1.54, 1.807) is 12.1 Å². The first-order valence-corrected chi connectivity index (χ1v) is 6.97. The molecule has 0 N–H and O–H groups in total. The molecule has 100 valence electrons. The highest BCUT2D eigenvalue weighted by molar-refractivity contribution is 6.21. The van der Waals surface area contributed by atoms with Gasteiger partial charge in [0.25, 0.3) is 0 Å². The van der Waals surface area contributed by atoms with Crippen LogP contribution in [0.4, 0.5) is 4.39 Å². The Morgan fingerprint density at radius 1 is 1.11 bits per heavy atom. The Morgan fingerprint density at radius 3 is 2.22 bits per heavy atom. The van der Waals surface area contributed by atoms with Gasteiger partial charge in [0, 0.05) is 32.7 Å². The molecule has 1 unspecified atom stereocenters. The first kappa shape index (κ1) is 13.8. The molecule has 2 rings (SSSR count). The molecule has 1 saturated heterocycles. The Labute approximate surface area is 113 Å². The molecule has 0 aromatic heterocycles. The summed E-state index contributed by atoms with van der Waals surface area (Å²) in [5.41, 5.74) is 0.996. The van der Waals surface area contributed by atoms with Gasteiger partial charge in [-0.3, -0.25) is 4.90 Å². The molecule has 2 nitrogen and oxygen atoms in total. The van der Waals surface area contributed by atoms with Gasteiger partial charge in [0.15, 0.2) is 0 Å². The van der Waals surface area contributed by atoms with E-state index in [9.17, 15) is 4.39 Å². The number of rotatable bonds is 4. The monoisotopic (exact) mass is 270 g/mol. The van der Waals surface area contributed by atoms with E-state index in [0.29, 0.717) is 0 Å². The number of hydrogen-bond donors (Lipinski definition) is 0. The molecule has 0 bridgehead atoms. The number of nitrogens with zero attached hydrogens (tertiary/aromatic N) is 2. The summed E-state index contributed by atoms with van der Waals surface area (Å²) < 4.78 is 12.8. The van der Waals surface area contributed by atoms with Crippen molar-refractivity contribution in [2.24, 2.45) is 0 Å². The lowest BCUT2D eigenvalue weighted by Crippen LogP contribution is -2.46. The summed E-state index contributed by atoms with van der Waals surface area (Å²) in [6.45, 7) is 8.52. The molecule has 4 heteroatoms. The SMILES string of the molecule is CCN1CCN(CC(Cl)c2ccc(F)cc2)CC1. The fraction of sp³-hybridized carbons (Fsp3) is 0.571. The predicted octanol–water partition coefficient (Wildman–Crippen LogP) is 2.74. The second-order valence-electron chi connectivity index (χ2n) is 4.75. The Bertz CT molecular complexity index is 361. The van der Waals surface area contributed by atoms with Crippen LogP contribution in [0.15, 0.2) is 24.3 Å². The standard InChI is InChI=1S/C14H20ClFN2/c1-2-17-7-9-18(10-8-17)11-14(15)12-3-5-13(16)6-4-12/h3-6,14H,2,7-11H2,1H3. The summed E-state index contributed by atoms with van der Waals surface area (Å²) >= 11 is 6.38. The fourth-order valence-electron chi connectivity index (χ4n) is 2.29. The number of halogens is 2. The van der Waals surface area contributed by atoms with Crippen LogP contribution in [0, 0.1) is 5.82 Å². The molecule has 18 heavy (non-hydrogen) atoms. The zero-order valence-corrected chi connectivity index (χ0v) is 11.5. The van der Waals surface area contributed by atoms with Gasteiger partial charge in [0.2, 0.25) is 0 Å². The molecule has 1 aliphatic heterocycles. The van der Waals surface area contributed by atoms with Crippen molar-refractivity contribution < 1.29 is 4.39 Å². The van der Waals surface area contributed by atoms with Crippen LogP contribution in [-0.4, -0.2) is 49.1 Å². The van der Waals surface area contributed by atoms with Crippen molar-refractivity contribution in [1.29, 1.82) is 0 Å². The lowest BCUT2D eigenvalue weighted by Gasteiger charge is -2.34. The van der Waals surface area contributed by atoms with Gasteiger partial charge in [-0.15, -0.1) is 11.6 Å². The average Bonchev–Trinajstić information content (AvgIpc) is 2.40. The van der Waals surface area contributed by atoms with Gasteiger partial charge in [-0.1, -0.05) is 19.1 Å². The van der Waals surface area contributed by atoms with Crippen molar-refractivity contribution >= 4 is 11.6 Å². The molecular formula is C14H20ClFN2. The van der Waals surface area contributed by atoms with E-state index in [1.807, 2.05) is 0 Å². The molecule has 1 heterocycles. The van der Waals surface area contributed by atoms with Gasteiger partial charge in [-0.2, -0.15) is 0 Å². The summed E-state index contributed by atoms with van der Waals surface area (Å²) in [5.74, 6) is -0.209. The zero-order valence-electron chi connectivity index (χ0n) is 10.8. The first-order valence-electron chi connectivity index (χ1n) is 6.53. The van der Waals surface area contributed by atoms with Gasteiger partial charge in [-0.25, -0.2) is 4.39 Å². The minimum Gasteiger partial charge on any atom is -0.301 e. The number of likely N-dealkylation sites (N-methyl/N-ethyl adjacent to an activating group) is 1. The van der Waals surface area contributed by atoms with Crippen LogP contribution in [-0.2, 0) is 0 Å². The highest BCUT2D eigenvalue weighted by atomic mass is 35.5. The molecule has 1 aromatic rings. The second-order valence-corrected chi connectivity index (χ2v) is 5.28. The van der Waals surface area contributed by atoms with Crippen LogP contribution in [0.3, 0.4) is 0 Å². The topological polar surface area (TPSA) is 6.48 Å². The molecule has 0 spiro atoms. The van der Waals surface area contributed by atoms with E-state index < -0.39 is 0 Å². The van der Waals surface area contributed by atoms with Crippen LogP contribution in [0.1, 0.15) is 17.9 Å². The third-order valence-electron chi connectivity index (χ3n) is 3.56. The van der Waals surface area contributed by atoms with Crippen molar-refractivity contribution in [2.45, 2.75) is 12.3 Å². The summed E-state index contributed by atoms with van der Waals surface area (Å²) in [6, 6.07) is 6.49. The number of benzene rings is 1. The maximum Gasteiger partial charge on any atom is 0.123 e. The number of alkyl halides is 1. The van der Waals surface area contributed by atoms with Crippen LogP contribution in [0.5, 0.6) is 0 Å². The molecule has 0 amide bonds. The van der Waals surface area contributed by atoms with Crippen molar-refractivity contribution in [3.63, 3.8) is 0 Å². The zero-order chi connectivity index (χ0) is 13.0. The maximum absolute atomic E-state index is 12.8. The lowest BCUT2D eigenvalue weighted by atomic mass is 10.1. The first-order chi connectivity index (χ1) is 8.69. The van der Waals surface area contributed by atoms with Crippen molar-refractivity contribution in [2.75, 3.05) is 39.3 Å². The van der Waals surface area contributed by atoms with Gasteiger partial charge in [0.1, 0.15) is 5.82 Å². The summed E-state index contributed by atoms with van der Waals surface area (Å²) in [7, 11) is 0. The van der Waals surface area contributed by atoms with Crippen molar-refractivity contribution in [1.82, 2.24) is 9.80 Å². The van der Waals surface area contributed by atoms with Gasteiger partial charge >= 0.3 is 0 Å². The second kappa shape index (κ2) is 6.50. The average molecular weight is 271 g/mol. The summed E-state index contributed by atoms with van der Waals surface area (Å²) in [5, 5.41) is -0.0567.